The number of benzene rings is 2. The summed E-state index contributed by atoms with van der Waals surface area (Å²) in [6, 6.07) is 14.3. The summed E-state index contributed by atoms with van der Waals surface area (Å²) in [5, 5.41) is 8.21. The maximum atomic E-state index is 11.9. The summed E-state index contributed by atoms with van der Waals surface area (Å²) in [7, 11) is 0. The maximum absolute atomic E-state index is 11.9. The molecule has 2 atom stereocenters. The first-order valence-corrected chi connectivity index (χ1v) is 13.7. The van der Waals surface area contributed by atoms with Gasteiger partial charge in [-0.15, -0.1) is 0 Å². The van der Waals surface area contributed by atoms with Gasteiger partial charge in [-0.25, -0.2) is 4.99 Å². The van der Waals surface area contributed by atoms with Crippen LogP contribution in [0.25, 0.3) is 0 Å². The molecule has 4 rings (SSSR count). The predicted molar refractivity (Wildman–Crippen MR) is 150 cm³/mol. The zero-order chi connectivity index (χ0) is 25.7. The van der Waals surface area contributed by atoms with Gasteiger partial charge in [-0.05, 0) is 73.9 Å². The molecule has 1 saturated heterocycles. The molecule has 0 radical (unpaired) electrons. The lowest BCUT2D eigenvalue weighted by Crippen LogP contribution is -2.53. The third kappa shape index (κ3) is 7.15. The van der Waals surface area contributed by atoms with Gasteiger partial charge in [-0.3, -0.25) is 4.79 Å². The minimum Gasteiger partial charge on any atom is -0.370 e. The summed E-state index contributed by atoms with van der Waals surface area (Å²) < 4.78 is 0. The van der Waals surface area contributed by atoms with Gasteiger partial charge in [0.15, 0.2) is 5.96 Å². The Balaban J connectivity index is 1.56. The molecule has 2 aromatic rings. The number of hydrogen-bond acceptors (Lipinski definition) is 3. The first-order chi connectivity index (χ1) is 17.3. The summed E-state index contributed by atoms with van der Waals surface area (Å²) in [6.45, 7) is 7.33. The lowest BCUT2D eigenvalue weighted by Gasteiger charge is -2.35. The van der Waals surface area contributed by atoms with Gasteiger partial charge < -0.3 is 21.3 Å². The summed E-state index contributed by atoms with van der Waals surface area (Å²) in [5.74, 6) is 1.12. The highest BCUT2D eigenvalue weighted by atomic mass is 35.5. The average molecular weight is 531 g/mol. The number of primary amides is 1. The van der Waals surface area contributed by atoms with Crippen molar-refractivity contribution in [2.24, 2.45) is 16.6 Å². The van der Waals surface area contributed by atoms with Gasteiger partial charge in [0.05, 0.1) is 6.04 Å². The highest BCUT2D eigenvalue weighted by molar-refractivity contribution is 6.35. The van der Waals surface area contributed by atoms with Crippen LogP contribution in [0.15, 0.2) is 47.5 Å². The molecule has 1 aliphatic carbocycles. The van der Waals surface area contributed by atoms with E-state index in [0.29, 0.717) is 22.1 Å². The zero-order valence-electron chi connectivity index (χ0n) is 21.1. The topological polar surface area (TPSA) is 82.7 Å². The van der Waals surface area contributed by atoms with Crippen LogP contribution in [0.2, 0.25) is 10.0 Å². The fourth-order valence-electron chi connectivity index (χ4n) is 5.18. The van der Waals surface area contributed by atoms with Crippen LogP contribution in [0.5, 0.6) is 0 Å². The van der Waals surface area contributed by atoms with Crippen LogP contribution in [0.3, 0.4) is 0 Å². The number of anilines is 1. The van der Waals surface area contributed by atoms with E-state index in [2.05, 4.69) is 29.4 Å². The zero-order valence-corrected chi connectivity index (χ0v) is 22.7. The van der Waals surface area contributed by atoms with Crippen LogP contribution in [0.4, 0.5) is 5.69 Å². The Morgan fingerprint density at radius 1 is 1.14 bits per heavy atom. The summed E-state index contributed by atoms with van der Waals surface area (Å²) in [6.07, 6.45) is 4.93. The van der Waals surface area contributed by atoms with Crippen molar-refractivity contribution in [2.45, 2.75) is 64.0 Å². The third-order valence-corrected chi connectivity index (χ3v) is 7.83. The molecule has 0 bridgehead atoms. The molecule has 1 aliphatic heterocycles. The molecule has 2 fully saturated rings. The van der Waals surface area contributed by atoms with E-state index in [1.807, 2.05) is 30.3 Å². The highest BCUT2D eigenvalue weighted by Crippen LogP contribution is 2.35. The molecule has 36 heavy (non-hydrogen) atoms. The number of halogens is 2. The minimum absolute atomic E-state index is 0.166. The van der Waals surface area contributed by atoms with Gasteiger partial charge in [-0.1, -0.05) is 48.3 Å². The first kappa shape index (κ1) is 26.8. The number of carbonyl (C=O) groups is 1. The molecule has 2 aliphatic rings. The molecular formula is C28H37Cl2N5O. The molecule has 1 saturated carbocycles. The van der Waals surface area contributed by atoms with Crippen LogP contribution in [-0.4, -0.2) is 48.5 Å². The van der Waals surface area contributed by atoms with E-state index < -0.39 is 0 Å². The van der Waals surface area contributed by atoms with Gasteiger partial charge in [0.2, 0.25) is 5.91 Å². The number of nitrogens with zero attached hydrogens (tertiary/aromatic N) is 2. The molecule has 4 N–H and O–H groups in total. The molecule has 0 spiro atoms. The van der Waals surface area contributed by atoms with Gasteiger partial charge in [-0.2, -0.15) is 0 Å². The van der Waals surface area contributed by atoms with Crippen molar-refractivity contribution in [2.75, 3.05) is 25.0 Å². The van der Waals surface area contributed by atoms with E-state index in [-0.39, 0.29) is 18.2 Å². The molecule has 0 aromatic heterocycles. The van der Waals surface area contributed by atoms with Crippen molar-refractivity contribution < 1.29 is 4.79 Å². The minimum atomic E-state index is -0.378. The molecule has 2 aromatic carbocycles. The highest BCUT2D eigenvalue weighted by Gasteiger charge is 2.24. The normalized spacial score (nSPS) is 23.8. The standard InChI is InChI=1S/C28H37Cl2N5O/c1-18-3-8-22(9-4-18)33-28(35-14-13-32-19(2)17-35)34-23-10-5-20(6-11-23)25(16-27(31)36)24-12-7-21(29)15-26(24)30/h5-7,10-12,15,18-19,22,25,32H,3-4,8-9,13-14,16-17H2,1-2H3,(H2,31,36)(H,33,34)/t18?,19-,22?,25?/m0/s1. The molecule has 1 heterocycles. The number of nitrogens with two attached hydrogens (primary N) is 1. The Bertz CT molecular complexity index is 1070. The predicted octanol–water partition coefficient (Wildman–Crippen LogP) is 5.64. The Labute approximate surface area is 224 Å². The monoisotopic (exact) mass is 529 g/mol. The molecule has 1 amide bonds. The van der Waals surface area contributed by atoms with E-state index in [1.54, 1.807) is 12.1 Å². The van der Waals surface area contributed by atoms with Crippen molar-refractivity contribution in [3.8, 4) is 0 Å². The second-order valence-corrected chi connectivity index (χ2v) is 11.1. The fraction of sp³-hybridized carbons (Fsp3) is 0.500. The second-order valence-electron chi connectivity index (χ2n) is 10.3. The van der Waals surface area contributed by atoms with E-state index in [1.165, 1.54) is 12.8 Å². The average Bonchev–Trinajstić information content (AvgIpc) is 2.84. The molecule has 8 heteroatoms. The Kier molecular flexibility index (Phi) is 9.15. The Morgan fingerprint density at radius 2 is 1.86 bits per heavy atom. The van der Waals surface area contributed by atoms with Gasteiger partial charge in [0.25, 0.3) is 0 Å². The fourth-order valence-corrected chi connectivity index (χ4v) is 5.72. The van der Waals surface area contributed by atoms with Crippen molar-refractivity contribution in [1.82, 2.24) is 10.2 Å². The van der Waals surface area contributed by atoms with Gasteiger partial charge in [0, 0.05) is 53.7 Å². The van der Waals surface area contributed by atoms with Crippen LogP contribution < -0.4 is 16.4 Å². The summed E-state index contributed by atoms with van der Waals surface area (Å²) in [5.41, 5.74) is 8.36. The van der Waals surface area contributed by atoms with Crippen molar-refractivity contribution >= 4 is 40.8 Å². The number of carbonyl (C=O) groups excluding carboxylic acids is 1. The lowest BCUT2D eigenvalue weighted by atomic mass is 9.88. The number of rotatable bonds is 6. The molecular weight excluding hydrogens is 493 g/mol. The number of guanidine groups is 1. The molecule has 6 nitrogen and oxygen atoms in total. The van der Waals surface area contributed by atoms with E-state index in [9.17, 15) is 4.79 Å². The number of piperazine rings is 1. The maximum Gasteiger partial charge on any atom is 0.218 e. The second kappa shape index (κ2) is 12.3. The van der Waals surface area contributed by atoms with E-state index in [0.717, 1.165) is 61.2 Å². The summed E-state index contributed by atoms with van der Waals surface area (Å²) in [4.78, 5) is 19.4. The first-order valence-electron chi connectivity index (χ1n) is 12.9. The van der Waals surface area contributed by atoms with Crippen LogP contribution in [0, 0.1) is 5.92 Å². The van der Waals surface area contributed by atoms with Crippen molar-refractivity contribution in [3.05, 3.63) is 63.6 Å². The van der Waals surface area contributed by atoms with Crippen molar-refractivity contribution in [3.63, 3.8) is 0 Å². The number of hydrogen-bond donors (Lipinski definition) is 3. The number of aliphatic imine (C=N–C) groups is 1. The van der Waals surface area contributed by atoms with Gasteiger partial charge in [0.1, 0.15) is 0 Å². The van der Waals surface area contributed by atoms with Gasteiger partial charge >= 0.3 is 0 Å². The Morgan fingerprint density at radius 3 is 2.50 bits per heavy atom. The Hall–Kier alpha value is -2.28. The lowest BCUT2D eigenvalue weighted by molar-refractivity contribution is -0.118. The third-order valence-electron chi connectivity index (χ3n) is 7.27. The quantitative estimate of drug-likeness (QED) is 0.334. The van der Waals surface area contributed by atoms with E-state index >= 15 is 0 Å². The largest absolute Gasteiger partial charge is 0.370 e. The summed E-state index contributed by atoms with van der Waals surface area (Å²) >= 11 is 12.6. The van der Waals surface area contributed by atoms with E-state index in [4.69, 9.17) is 33.9 Å². The molecule has 194 valence electrons. The SMILES string of the molecule is CC1CCC(/N=C(\Nc2ccc(C(CC(N)=O)c3ccc(Cl)cc3Cl)cc2)N2CCN[C@@H](C)C2)CC1. The number of nitrogens with one attached hydrogen (secondary N) is 2. The van der Waals surface area contributed by atoms with Crippen LogP contribution >= 0.6 is 23.2 Å². The van der Waals surface area contributed by atoms with Crippen LogP contribution in [0.1, 0.15) is 63.0 Å². The number of amides is 1. The van der Waals surface area contributed by atoms with Crippen molar-refractivity contribution in [1.29, 1.82) is 0 Å². The van der Waals surface area contributed by atoms with Crippen LogP contribution in [-0.2, 0) is 4.79 Å². The molecule has 1 unspecified atom stereocenters. The smallest absolute Gasteiger partial charge is 0.218 e.